The summed E-state index contributed by atoms with van der Waals surface area (Å²) in [6, 6.07) is 3.54. The van der Waals surface area contributed by atoms with Crippen LogP contribution in [0.15, 0.2) is 29.2 Å². The summed E-state index contributed by atoms with van der Waals surface area (Å²) in [6.07, 6.45) is -2.75. The molecule has 0 unspecified atom stereocenters. The van der Waals surface area contributed by atoms with Gasteiger partial charge >= 0.3 is 12.3 Å². The van der Waals surface area contributed by atoms with Crippen LogP contribution in [-0.2, 0) is 25.7 Å². The lowest BCUT2D eigenvalue weighted by atomic mass is 9.82. The van der Waals surface area contributed by atoms with Gasteiger partial charge in [-0.25, -0.2) is 13.2 Å². The molecule has 0 radical (unpaired) electrons. The van der Waals surface area contributed by atoms with E-state index in [2.05, 4.69) is 10.6 Å². The second-order valence-electron chi connectivity index (χ2n) is 11.1. The maximum atomic E-state index is 13.4. The van der Waals surface area contributed by atoms with E-state index in [0.29, 0.717) is 25.3 Å². The van der Waals surface area contributed by atoms with Crippen molar-refractivity contribution in [3.05, 3.63) is 29.8 Å². The molecule has 2 fully saturated rings. The Morgan fingerprint density at radius 3 is 2.47 bits per heavy atom. The van der Waals surface area contributed by atoms with Crippen molar-refractivity contribution in [3.63, 3.8) is 0 Å². The molecule has 1 aromatic carbocycles. The third kappa shape index (κ3) is 6.80. The number of carbonyl (C=O) groups excluding carboxylic acids is 2. The molecule has 0 aromatic heterocycles. The summed E-state index contributed by atoms with van der Waals surface area (Å²) in [5, 5.41) is 5.55. The topological polar surface area (TPSA) is 105 Å². The Labute approximate surface area is 222 Å². The summed E-state index contributed by atoms with van der Waals surface area (Å²) in [6.45, 7) is 7.80. The third-order valence-electron chi connectivity index (χ3n) is 7.90. The minimum Gasteiger partial charge on any atom is -0.444 e. The van der Waals surface area contributed by atoms with Crippen LogP contribution in [0.4, 0.5) is 18.0 Å². The van der Waals surface area contributed by atoms with Crippen LogP contribution in [0.1, 0.15) is 58.9 Å². The Morgan fingerprint density at radius 2 is 1.87 bits per heavy atom. The molecular formula is C26H38F3N3O5S. The maximum Gasteiger partial charge on any atom is 0.416 e. The number of sulfonamides is 1. The number of rotatable bonds is 9. The van der Waals surface area contributed by atoms with Gasteiger partial charge in [-0.15, -0.1) is 0 Å². The zero-order valence-corrected chi connectivity index (χ0v) is 23.3. The third-order valence-corrected chi connectivity index (χ3v) is 9.73. The van der Waals surface area contributed by atoms with Gasteiger partial charge in [-0.05, 0) is 69.1 Å². The minimum absolute atomic E-state index is 0.0101. The van der Waals surface area contributed by atoms with Crippen LogP contribution in [-0.4, -0.2) is 56.5 Å². The van der Waals surface area contributed by atoms with Crippen molar-refractivity contribution in [1.29, 1.82) is 0 Å². The van der Waals surface area contributed by atoms with Crippen LogP contribution >= 0.6 is 0 Å². The predicted octanol–water partition coefficient (Wildman–Crippen LogP) is 4.41. The van der Waals surface area contributed by atoms with Crippen molar-refractivity contribution < 1.29 is 35.9 Å². The first-order valence-corrected chi connectivity index (χ1v) is 14.4. The van der Waals surface area contributed by atoms with Crippen molar-refractivity contribution in [2.75, 3.05) is 20.1 Å². The first-order chi connectivity index (χ1) is 17.6. The van der Waals surface area contributed by atoms with E-state index in [1.165, 1.54) is 17.4 Å². The number of amides is 2. The van der Waals surface area contributed by atoms with E-state index in [1.807, 2.05) is 13.8 Å². The normalized spacial score (nSPS) is 23.9. The standard InChI is InChI=1S/C26H38F3N3O5S/c1-6-16(2)20(13-25(3,4)37-24(34)30-5)23(33)31-22-11-10-17-14-32(15-21(17)22)38(35,36)19-9-7-8-18(12-19)26(27,28)29/h7-9,12,16-17,20-22H,6,10-11,13-15H2,1-5H3,(H,30,34)(H,31,33)/t16-,17+,20-,21-,22-/m0/s1. The lowest BCUT2D eigenvalue weighted by Gasteiger charge is -2.33. The van der Waals surface area contributed by atoms with Gasteiger partial charge in [-0.3, -0.25) is 4.79 Å². The summed E-state index contributed by atoms with van der Waals surface area (Å²) in [4.78, 5) is 24.8. The van der Waals surface area contributed by atoms with Crippen LogP contribution in [0, 0.1) is 23.7 Å². The molecule has 8 nitrogen and oxygen atoms in total. The van der Waals surface area contributed by atoms with Gasteiger partial charge in [0.15, 0.2) is 0 Å². The number of alkyl carbamates (subject to hydrolysis) is 1. The minimum atomic E-state index is -4.64. The first-order valence-electron chi connectivity index (χ1n) is 13.0. The molecule has 1 aliphatic carbocycles. The van der Waals surface area contributed by atoms with Gasteiger partial charge in [0.25, 0.3) is 0 Å². The summed E-state index contributed by atoms with van der Waals surface area (Å²) >= 11 is 0. The molecule has 1 heterocycles. The highest BCUT2D eigenvalue weighted by Crippen LogP contribution is 2.41. The van der Waals surface area contributed by atoms with Crippen molar-refractivity contribution in [2.45, 2.75) is 76.1 Å². The number of nitrogens with zero attached hydrogens (tertiary/aromatic N) is 1. The highest BCUT2D eigenvalue weighted by Gasteiger charge is 2.47. The number of ether oxygens (including phenoxy) is 1. The molecular weight excluding hydrogens is 523 g/mol. The molecule has 3 rings (SSSR count). The van der Waals surface area contributed by atoms with E-state index in [0.717, 1.165) is 18.6 Å². The number of fused-ring (bicyclic) bond motifs is 1. The summed E-state index contributed by atoms with van der Waals surface area (Å²) in [5.41, 5.74) is -1.89. The number of hydrogen-bond acceptors (Lipinski definition) is 5. The summed E-state index contributed by atoms with van der Waals surface area (Å²) in [7, 11) is -2.66. The molecule has 1 saturated heterocycles. The highest BCUT2D eigenvalue weighted by molar-refractivity contribution is 7.89. The molecule has 1 aromatic rings. The van der Waals surface area contributed by atoms with Crippen LogP contribution in [0.25, 0.3) is 0 Å². The molecule has 5 atom stereocenters. The predicted molar refractivity (Wildman–Crippen MR) is 136 cm³/mol. The number of nitrogens with one attached hydrogen (secondary N) is 2. The fraction of sp³-hybridized carbons (Fsp3) is 0.692. The fourth-order valence-electron chi connectivity index (χ4n) is 5.58. The quantitative estimate of drug-likeness (QED) is 0.465. The molecule has 0 spiro atoms. The summed E-state index contributed by atoms with van der Waals surface area (Å²) < 4.78 is 72.5. The second kappa shape index (κ2) is 11.4. The zero-order chi connectivity index (χ0) is 28.5. The average molecular weight is 562 g/mol. The van der Waals surface area contributed by atoms with E-state index in [1.54, 1.807) is 13.8 Å². The fourth-order valence-corrected chi connectivity index (χ4v) is 7.16. The van der Waals surface area contributed by atoms with E-state index in [4.69, 9.17) is 4.74 Å². The Morgan fingerprint density at radius 1 is 1.18 bits per heavy atom. The van der Waals surface area contributed by atoms with Crippen LogP contribution in [0.2, 0.25) is 0 Å². The van der Waals surface area contributed by atoms with Crippen molar-refractivity contribution in [3.8, 4) is 0 Å². The molecule has 1 saturated carbocycles. The summed E-state index contributed by atoms with van der Waals surface area (Å²) in [5.74, 6) is -0.702. The van der Waals surface area contributed by atoms with Gasteiger partial charge < -0.3 is 15.4 Å². The molecule has 12 heteroatoms. The molecule has 0 bridgehead atoms. The van der Waals surface area contributed by atoms with Gasteiger partial charge in [-0.2, -0.15) is 17.5 Å². The SMILES string of the molecule is CC[C@H](C)[C@H](CC(C)(C)OC(=O)NC)C(=O)N[C@H]1CC[C@@H]2CN(S(=O)(=O)c3cccc(C(F)(F)F)c3)C[C@@H]21. The average Bonchev–Trinajstić information content (AvgIpc) is 3.43. The molecule has 2 amide bonds. The monoisotopic (exact) mass is 561 g/mol. The lowest BCUT2D eigenvalue weighted by molar-refractivity contribution is -0.137. The van der Waals surface area contributed by atoms with Gasteiger partial charge in [0, 0.05) is 32.1 Å². The van der Waals surface area contributed by atoms with Gasteiger partial charge in [0.2, 0.25) is 15.9 Å². The lowest BCUT2D eigenvalue weighted by Crippen LogP contribution is -2.46. The number of halogens is 3. The number of benzene rings is 1. The van der Waals surface area contributed by atoms with Crippen LogP contribution < -0.4 is 10.6 Å². The molecule has 38 heavy (non-hydrogen) atoms. The largest absolute Gasteiger partial charge is 0.444 e. The Kier molecular flexibility index (Phi) is 9.07. The second-order valence-corrected chi connectivity index (χ2v) is 13.0. The van der Waals surface area contributed by atoms with Gasteiger partial charge in [0.1, 0.15) is 5.60 Å². The van der Waals surface area contributed by atoms with Gasteiger partial charge in [0.05, 0.1) is 10.5 Å². The molecule has 2 N–H and O–H groups in total. The van der Waals surface area contributed by atoms with Gasteiger partial charge in [-0.1, -0.05) is 26.3 Å². The van der Waals surface area contributed by atoms with Crippen LogP contribution in [0.5, 0.6) is 0 Å². The van der Waals surface area contributed by atoms with E-state index in [9.17, 15) is 31.2 Å². The van der Waals surface area contributed by atoms with Crippen LogP contribution in [0.3, 0.4) is 0 Å². The van der Waals surface area contributed by atoms with Crippen molar-refractivity contribution in [1.82, 2.24) is 14.9 Å². The zero-order valence-electron chi connectivity index (χ0n) is 22.5. The number of carbonyl (C=O) groups is 2. The molecule has 2 aliphatic rings. The first kappa shape index (κ1) is 30.2. The smallest absolute Gasteiger partial charge is 0.416 e. The highest BCUT2D eigenvalue weighted by atomic mass is 32.2. The number of alkyl halides is 3. The van der Waals surface area contributed by atoms with E-state index >= 15 is 0 Å². The van der Waals surface area contributed by atoms with Crippen molar-refractivity contribution >= 4 is 22.0 Å². The van der Waals surface area contributed by atoms with E-state index < -0.39 is 39.4 Å². The van der Waals surface area contributed by atoms with E-state index in [-0.39, 0.29) is 47.7 Å². The Bertz CT molecular complexity index is 1130. The number of hydrogen-bond donors (Lipinski definition) is 2. The maximum absolute atomic E-state index is 13.4. The van der Waals surface area contributed by atoms with Crippen molar-refractivity contribution in [2.24, 2.45) is 23.7 Å². The Hall–Kier alpha value is -2.34. The Balaban J connectivity index is 1.72. The molecule has 1 aliphatic heterocycles. The molecule has 214 valence electrons.